The number of benzene rings is 2. The lowest BCUT2D eigenvalue weighted by Crippen LogP contribution is -2.45. The largest absolute Gasteiger partial charge is 0.454 e. The molecule has 150 valence electrons. The lowest BCUT2D eigenvalue weighted by molar-refractivity contribution is -0.113. The van der Waals surface area contributed by atoms with Crippen molar-refractivity contribution in [3.05, 3.63) is 74.5 Å². The second-order valence-corrected chi connectivity index (χ2v) is 6.90. The van der Waals surface area contributed by atoms with E-state index in [1.54, 1.807) is 48.5 Å². The average Bonchev–Trinajstić information content (AvgIpc) is 3.36. The van der Waals surface area contributed by atoms with E-state index in [4.69, 9.17) is 9.47 Å². The lowest BCUT2D eigenvalue weighted by Gasteiger charge is -2.28. The first-order valence-electron chi connectivity index (χ1n) is 9.46. The van der Waals surface area contributed by atoms with Gasteiger partial charge in [0.2, 0.25) is 12.6 Å². The smallest absolute Gasteiger partial charge is 0.271 e. The van der Waals surface area contributed by atoms with Crippen molar-refractivity contribution in [2.24, 2.45) is 0 Å². The summed E-state index contributed by atoms with van der Waals surface area (Å²) >= 11 is 0. The zero-order valence-electron chi connectivity index (χ0n) is 16.0. The van der Waals surface area contributed by atoms with Crippen LogP contribution in [0.25, 0.3) is 11.6 Å². The van der Waals surface area contributed by atoms with E-state index in [2.05, 4.69) is 10.2 Å². The summed E-state index contributed by atoms with van der Waals surface area (Å²) in [7, 11) is 0. The minimum Gasteiger partial charge on any atom is -0.454 e. The first-order valence-corrected chi connectivity index (χ1v) is 9.46. The number of ketones is 1. The number of aromatic nitrogens is 2. The van der Waals surface area contributed by atoms with Crippen LogP contribution >= 0.6 is 0 Å². The molecule has 2 aromatic carbocycles. The highest BCUT2D eigenvalue weighted by molar-refractivity contribution is 6.51. The van der Waals surface area contributed by atoms with Gasteiger partial charge in [0.25, 0.3) is 11.5 Å². The molecule has 0 atom stereocenters. The number of H-pyrrole nitrogens is 2. The second kappa shape index (κ2) is 6.77. The first kappa shape index (κ1) is 18.0. The topological polar surface area (TPSA) is 104 Å². The molecule has 8 nitrogen and oxygen atoms in total. The normalized spacial score (nSPS) is 17.5. The van der Waals surface area contributed by atoms with E-state index in [0.717, 1.165) is 0 Å². The fraction of sp³-hybridized carbons (Fsp3) is 0.136. The van der Waals surface area contributed by atoms with Gasteiger partial charge in [-0.3, -0.25) is 24.6 Å². The molecule has 0 fully saturated rings. The fourth-order valence-electron chi connectivity index (χ4n) is 3.78. The quantitative estimate of drug-likeness (QED) is 0.654. The number of ether oxygens (including phenoxy) is 2. The highest BCUT2D eigenvalue weighted by Gasteiger charge is 2.35. The summed E-state index contributed by atoms with van der Waals surface area (Å²) in [6.45, 7) is 2.37. The Morgan fingerprint density at radius 3 is 2.67 bits per heavy atom. The van der Waals surface area contributed by atoms with Crippen LogP contribution in [0.15, 0.2) is 47.3 Å². The third kappa shape index (κ3) is 2.65. The van der Waals surface area contributed by atoms with Crippen molar-refractivity contribution in [1.82, 2.24) is 10.2 Å². The molecule has 8 heteroatoms. The van der Waals surface area contributed by atoms with Crippen LogP contribution in [0.2, 0.25) is 0 Å². The molecule has 0 aliphatic carbocycles. The Bertz CT molecular complexity index is 1380. The molecule has 1 aromatic heterocycles. The van der Waals surface area contributed by atoms with Crippen molar-refractivity contribution in [1.29, 1.82) is 0 Å². The van der Waals surface area contributed by atoms with Crippen LogP contribution in [0.3, 0.4) is 0 Å². The molecule has 0 saturated heterocycles. The van der Waals surface area contributed by atoms with E-state index in [1.807, 2.05) is 6.92 Å². The minimum absolute atomic E-state index is 0.0686. The number of aromatic amines is 2. The summed E-state index contributed by atoms with van der Waals surface area (Å²) in [6, 6.07) is 12.2. The maximum atomic E-state index is 13.2. The molecule has 0 unspecified atom stereocenters. The summed E-state index contributed by atoms with van der Waals surface area (Å²) in [5, 5.41) is 5.58. The van der Waals surface area contributed by atoms with Gasteiger partial charge in [-0.25, -0.2) is 0 Å². The number of carbonyl (C=O) groups is 2. The minimum atomic E-state index is -0.447. The van der Waals surface area contributed by atoms with Gasteiger partial charge in [0.15, 0.2) is 11.5 Å². The van der Waals surface area contributed by atoms with Crippen LogP contribution in [-0.4, -0.2) is 35.2 Å². The van der Waals surface area contributed by atoms with E-state index in [9.17, 15) is 14.4 Å². The van der Waals surface area contributed by atoms with Crippen molar-refractivity contribution in [3.8, 4) is 11.5 Å². The van der Waals surface area contributed by atoms with Gasteiger partial charge in [-0.1, -0.05) is 18.2 Å². The van der Waals surface area contributed by atoms with Gasteiger partial charge >= 0.3 is 0 Å². The molecular weight excluding hydrogens is 386 g/mol. The van der Waals surface area contributed by atoms with Gasteiger partial charge < -0.3 is 14.4 Å². The number of anilines is 1. The lowest BCUT2D eigenvalue weighted by atomic mass is 9.94. The molecule has 2 aliphatic heterocycles. The van der Waals surface area contributed by atoms with Crippen molar-refractivity contribution < 1.29 is 19.1 Å². The van der Waals surface area contributed by atoms with Crippen LogP contribution in [0.1, 0.15) is 22.8 Å². The zero-order chi connectivity index (χ0) is 20.8. The number of nitrogens with one attached hydrogen (secondary N) is 2. The number of para-hydroxylation sites is 1. The summed E-state index contributed by atoms with van der Waals surface area (Å²) in [5.41, 5.74) is 1.16. The SMILES string of the molecule is CCN1C(=O)/C(=c2\[nH][nH]c(=O)\c2=C/c2ccc3c(c2)OCO3)C(=O)c2ccccc21. The number of nitrogens with zero attached hydrogens (tertiary/aromatic N) is 1. The van der Waals surface area contributed by atoms with Crippen LogP contribution in [0, 0.1) is 0 Å². The number of amides is 1. The van der Waals surface area contributed by atoms with E-state index in [0.29, 0.717) is 34.9 Å². The molecular formula is C22H17N3O5. The molecule has 2 aliphatic rings. The fourth-order valence-corrected chi connectivity index (χ4v) is 3.78. The van der Waals surface area contributed by atoms with Crippen molar-refractivity contribution >= 4 is 29.0 Å². The van der Waals surface area contributed by atoms with Crippen LogP contribution in [0.5, 0.6) is 11.5 Å². The summed E-state index contributed by atoms with van der Waals surface area (Å²) < 4.78 is 10.7. The molecule has 2 N–H and O–H groups in total. The average molecular weight is 403 g/mol. The summed E-state index contributed by atoms with van der Waals surface area (Å²) in [5.74, 6) is 0.325. The van der Waals surface area contributed by atoms with Crippen LogP contribution in [-0.2, 0) is 4.79 Å². The Balaban J connectivity index is 1.77. The van der Waals surface area contributed by atoms with E-state index in [1.165, 1.54) is 4.90 Å². The second-order valence-electron chi connectivity index (χ2n) is 6.90. The predicted octanol–water partition coefficient (Wildman–Crippen LogP) is 0.661. The molecule has 5 rings (SSSR count). The maximum absolute atomic E-state index is 13.2. The molecule has 0 spiro atoms. The zero-order valence-corrected chi connectivity index (χ0v) is 16.0. The molecule has 0 bridgehead atoms. The number of rotatable bonds is 2. The van der Waals surface area contributed by atoms with Gasteiger partial charge in [0.05, 0.1) is 16.3 Å². The standard InChI is InChI=1S/C22H17N3O5/c1-2-25-15-6-4-3-5-13(15)20(26)18(22(25)28)19-14(21(27)24-23-19)9-12-7-8-16-17(10-12)30-11-29-16/h3-10,23H,2,11H2,1H3,(H,24,27)/b14-9-,19-18-. The van der Waals surface area contributed by atoms with Gasteiger partial charge in [-0.2, -0.15) is 0 Å². The van der Waals surface area contributed by atoms with E-state index >= 15 is 0 Å². The molecule has 30 heavy (non-hydrogen) atoms. The summed E-state index contributed by atoms with van der Waals surface area (Å²) in [4.78, 5) is 40.4. The summed E-state index contributed by atoms with van der Waals surface area (Å²) in [6.07, 6.45) is 1.61. The third-order valence-electron chi connectivity index (χ3n) is 5.21. The Labute approximate surface area is 170 Å². The molecule has 0 radical (unpaired) electrons. The molecule has 0 saturated carbocycles. The number of hydrogen-bond acceptors (Lipinski definition) is 5. The van der Waals surface area contributed by atoms with E-state index in [-0.39, 0.29) is 22.9 Å². The molecule has 3 heterocycles. The predicted molar refractivity (Wildman–Crippen MR) is 109 cm³/mol. The van der Waals surface area contributed by atoms with Crippen molar-refractivity contribution in [2.75, 3.05) is 18.2 Å². The van der Waals surface area contributed by atoms with Crippen molar-refractivity contribution in [3.63, 3.8) is 0 Å². The maximum Gasteiger partial charge on any atom is 0.271 e. The van der Waals surface area contributed by atoms with Crippen LogP contribution in [0.4, 0.5) is 5.69 Å². The van der Waals surface area contributed by atoms with Gasteiger partial charge in [-0.15, -0.1) is 0 Å². The third-order valence-corrected chi connectivity index (χ3v) is 5.21. The van der Waals surface area contributed by atoms with Gasteiger partial charge in [0.1, 0.15) is 5.57 Å². The molecule has 3 aromatic rings. The van der Waals surface area contributed by atoms with Gasteiger partial charge in [-0.05, 0) is 42.8 Å². The number of Topliss-reactive ketones (excluding diaryl/α,β-unsaturated/α-hetero) is 1. The highest BCUT2D eigenvalue weighted by Crippen LogP contribution is 2.32. The molecule has 1 amide bonds. The van der Waals surface area contributed by atoms with Gasteiger partial charge in [0, 0.05) is 12.1 Å². The van der Waals surface area contributed by atoms with E-state index < -0.39 is 17.2 Å². The highest BCUT2D eigenvalue weighted by atomic mass is 16.7. The first-order chi connectivity index (χ1) is 14.6. The Hall–Kier alpha value is -4.07. The van der Waals surface area contributed by atoms with Crippen molar-refractivity contribution in [2.45, 2.75) is 6.92 Å². The number of carbonyl (C=O) groups excluding carboxylic acids is 2. The Morgan fingerprint density at radius 1 is 1.03 bits per heavy atom. The van der Waals surface area contributed by atoms with Crippen LogP contribution < -0.4 is 30.5 Å². The number of fused-ring (bicyclic) bond motifs is 2. The monoisotopic (exact) mass is 403 g/mol. The Morgan fingerprint density at radius 2 is 1.83 bits per heavy atom. The number of hydrogen-bond donors (Lipinski definition) is 2. The Kier molecular flexibility index (Phi) is 4.06.